The van der Waals surface area contributed by atoms with Gasteiger partial charge in [-0.05, 0) is 54.7 Å². The molecule has 1 aliphatic heterocycles. The topological polar surface area (TPSA) is 45.4 Å². The Morgan fingerprint density at radius 2 is 2.44 bits per heavy atom. The summed E-state index contributed by atoms with van der Waals surface area (Å²) < 4.78 is 6.19. The van der Waals surface area contributed by atoms with E-state index in [-0.39, 0.29) is 0 Å². The summed E-state index contributed by atoms with van der Waals surface area (Å²) in [5, 5.41) is 13.9. The Bertz CT molecular complexity index is 343. The fraction of sp³-hybridized carbons (Fsp3) is 0.667. The van der Waals surface area contributed by atoms with E-state index >= 15 is 0 Å². The Kier molecular flexibility index (Phi) is 3.72. The van der Waals surface area contributed by atoms with E-state index in [1.165, 1.54) is 12.8 Å². The summed E-state index contributed by atoms with van der Waals surface area (Å²) in [7, 11) is 0. The minimum Gasteiger partial charge on any atom is -0.465 e. The Morgan fingerprint density at radius 1 is 1.62 bits per heavy atom. The molecule has 2 rings (SSSR count). The van der Waals surface area contributed by atoms with E-state index in [2.05, 4.69) is 21.2 Å². The lowest BCUT2D eigenvalue weighted by atomic mass is 9.90. The van der Waals surface area contributed by atoms with Gasteiger partial charge in [0.1, 0.15) is 11.4 Å². The molecule has 2 heterocycles. The molecule has 16 heavy (non-hydrogen) atoms. The SMILES string of the molecule is CC(O)(CC1CCCCN1)c1occc1Br. The van der Waals surface area contributed by atoms with Crippen LogP contribution in [0.15, 0.2) is 21.2 Å². The molecule has 1 fully saturated rings. The number of piperidine rings is 1. The van der Waals surface area contributed by atoms with Gasteiger partial charge in [-0.3, -0.25) is 0 Å². The fourth-order valence-corrected chi connectivity index (χ4v) is 2.98. The van der Waals surface area contributed by atoms with Crippen molar-refractivity contribution in [2.24, 2.45) is 0 Å². The van der Waals surface area contributed by atoms with Crippen LogP contribution in [0.3, 0.4) is 0 Å². The van der Waals surface area contributed by atoms with E-state index in [0.29, 0.717) is 18.2 Å². The number of hydrogen-bond donors (Lipinski definition) is 2. The second-order valence-corrected chi connectivity index (χ2v) is 5.58. The number of nitrogens with one attached hydrogen (secondary N) is 1. The number of hydrogen-bond acceptors (Lipinski definition) is 3. The van der Waals surface area contributed by atoms with E-state index in [9.17, 15) is 5.11 Å². The summed E-state index contributed by atoms with van der Waals surface area (Å²) in [6.07, 6.45) is 5.91. The van der Waals surface area contributed by atoms with Crippen molar-refractivity contribution in [3.8, 4) is 0 Å². The molecule has 1 aromatic rings. The molecule has 2 N–H and O–H groups in total. The molecular formula is C12H18BrNO2. The first-order chi connectivity index (χ1) is 7.59. The number of aliphatic hydroxyl groups is 1. The summed E-state index contributed by atoms with van der Waals surface area (Å²) in [6, 6.07) is 2.21. The molecule has 0 saturated carbocycles. The first-order valence-electron chi connectivity index (χ1n) is 5.79. The van der Waals surface area contributed by atoms with Gasteiger partial charge in [0.2, 0.25) is 0 Å². The third-order valence-corrected chi connectivity index (χ3v) is 3.79. The maximum atomic E-state index is 10.4. The van der Waals surface area contributed by atoms with E-state index in [0.717, 1.165) is 17.4 Å². The molecule has 0 amide bonds. The highest BCUT2D eigenvalue weighted by Gasteiger charge is 2.32. The van der Waals surface area contributed by atoms with Crippen LogP contribution in [0.5, 0.6) is 0 Å². The largest absolute Gasteiger partial charge is 0.465 e. The average molecular weight is 288 g/mol. The molecule has 0 aliphatic carbocycles. The van der Waals surface area contributed by atoms with Crippen molar-refractivity contribution in [3.63, 3.8) is 0 Å². The molecule has 90 valence electrons. The summed E-state index contributed by atoms with van der Waals surface area (Å²) in [5.74, 6) is 0.625. The van der Waals surface area contributed by atoms with Gasteiger partial charge in [-0.1, -0.05) is 6.42 Å². The lowest BCUT2D eigenvalue weighted by Gasteiger charge is -2.30. The molecule has 4 heteroatoms. The molecule has 2 unspecified atom stereocenters. The first-order valence-corrected chi connectivity index (χ1v) is 6.58. The van der Waals surface area contributed by atoms with Gasteiger partial charge in [0.25, 0.3) is 0 Å². The molecule has 3 nitrogen and oxygen atoms in total. The van der Waals surface area contributed by atoms with Gasteiger partial charge in [0, 0.05) is 6.04 Å². The average Bonchev–Trinajstić information content (AvgIpc) is 2.66. The lowest BCUT2D eigenvalue weighted by Crippen LogP contribution is -2.39. The normalized spacial score (nSPS) is 25.3. The summed E-state index contributed by atoms with van der Waals surface area (Å²) in [4.78, 5) is 0. The maximum Gasteiger partial charge on any atom is 0.149 e. The smallest absolute Gasteiger partial charge is 0.149 e. The maximum absolute atomic E-state index is 10.4. The highest BCUT2D eigenvalue weighted by atomic mass is 79.9. The summed E-state index contributed by atoms with van der Waals surface area (Å²) in [6.45, 7) is 2.87. The fourth-order valence-electron chi connectivity index (χ4n) is 2.35. The molecular weight excluding hydrogens is 270 g/mol. The Hall–Kier alpha value is -0.320. The van der Waals surface area contributed by atoms with Crippen LogP contribution in [0.2, 0.25) is 0 Å². The van der Waals surface area contributed by atoms with Crippen molar-refractivity contribution in [1.29, 1.82) is 0 Å². The van der Waals surface area contributed by atoms with E-state index in [1.807, 2.05) is 13.0 Å². The predicted octanol–water partition coefficient (Wildman–Crippen LogP) is 2.78. The van der Waals surface area contributed by atoms with Crippen LogP contribution in [0.1, 0.15) is 38.4 Å². The Labute approximate surface area is 104 Å². The molecule has 2 atom stereocenters. The standard InChI is InChI=1S/C12H18BrNO2/c1-12(15,11-10(13)5-7-16-11)8-9-4-2-3-6-14-9/h5,7,9,14-15H,2-4,6,8H2,1H3. The van der Waals surface area contributed by atoms with Crippen LogP contribution in [0.4, 0.5) is 0 Å². The summed E-state index contributed by atoms with van der Waals surface area (Å²) in [5.41, 5.74) is -0.905. The molecule has 1 aromatic heterocycles. The van der Waals surface area contributed by atoms with Crippen molar-refractivity contribution >= 4 is 15.9 Å². The van der Waals surface area contributed by atoms with Gasteiger partial charge < -0.3 is 14.8 Å². The Morgan fingerprint density at radius 3 is 3.00 bits per heavy atom. The van der Waals surface area contributed by atoms with Gasteiger partial charge in [-0.25, -0.2) is 0 Å². The first kappa shape index (κ1) is 12.1. The van der Waals surface area contributed by atoms with Crippen LogP contribution in [-0.4, -0.2) is 17.7 Å². The van der Waals surface area contributed by atoms with E-state index < -0.39 is 5.60 Å². The molecule has 1 aliphatic rings. The highest BCUT2D eigenvalue weighted by molar-refractivity contribution is 9.10. The van der Waals surface area contributed by atoms with Crippen molar-refractivity contribution < 1.29 is 9.52 Å². The number of rotatable bonds is 3. The monoisotopic (exact) mass is 287 g/mol. The van der Waals surface area contributed by atoms with Crippen molar-refractivity contribution in [2.75, 3.05) is 6.54 Å². The van der Waals surface area contributed by atoms with Crippen LogP contribution >= 0.6 is 15.9 Å². The van der Waals surface area contributed by atoms with Crippen molar-refractivity contribution in [1.82, 2.24) is 5.32 Å². The van der Waals surface area contributed by atoms with E-state index in [4.69, 9.17) is 4.42 Å². The third kappa shape index (κ3) is 2.67. The molecule has 0 radical (unpaired) electrons. The van der Waals surface area contributed by atoms with Crippen LogP contribution in [-0.2, 0) is 5.60 Å². The predicted molar refractivity (Wildman–Crippen MR) is 66.2 cm³/mol. The Balaban J connectivity index is 2.04. The minimum atomic E-state index is -0.905. The van der Waals surface area contributed by atoms with Gasteiger partial charge in [0.15, 0.2) is 0 Å². The van der Waals surface area contributed by atoms with Gasteiger partial charge in [-0.2, -0.15) is 0 Å². The third-order valence-electron chi connectivity index (χ3n) is 3.16. The van der Waals surface area contributed by atoms with Crippen molar-refractivity contribution in [2.45, 2.75) is 44.2 Å². The van der Waals surface area contributed by atoms with Crippen LogP contribution in [0, 0.1) is 0 Å². The zero-order chi connectivity index (χ0) is 11.6. The molecule has 0 aromatic carbocycles. The van der Waals surface area contributed by atoms with E-state index in [1.54, 1.807) is 6.26 Å². The van der Waals surface area contributed by atoms with Crippen LogP contribution in [0.25, 0.3) is 0 Å². The quantitative estimate of drug-likeness (QED) is 0.899. The molecule has 0 spiro atoms. The van der Waals surface area contributed by atoms with Gasteiger partial charge >= 0.3 is 0 Å². The second kappa shape index (κ2) is 4.90. The molecule has 1 saturated heterocycles. The van der Waals surface area contributed by atoms with Crippen LogP contribution < -0.4 is 5.32 Å². The zero-order valence-electron chi connectivity index (χ0n) is 9.50. The number of furan rings is 1. The molecule has 0 bridgehead atoms. The summed E-state index contributed by atoms with van der Waals surface area (Å²) >= 11 is 3.39. The lowest BCUT2D eigenvalue weighted by molar-refractivity contribution is 0.0117. The van der Waals surface area contributed by atoms with Gasteiger partial charge in [0.05, 0.1) is 10.7 Å². The minimum absolute atomic E-state index is 0.390. The van der Waals surface area contributed by atoms with Crippen molar-refractivity contribution in [3.05, 3.63) is 22.6 Å². The number of halogens is 1. The van der Waals surface area contributed by atoms with Gasteiger partial charge in [-0.15, -0.1) is 0 Å². The second-order valence-electron chi connectivity index (χ2n) is 4.72. The zero-order valence-corrected chi connectivity index (χ0v) is 11.1. The highest BCUT2D eigenvalue weighted by Crippen LogP contribution is 2.33.